The predicted molar refractivity (Wildman–Crippen MR) is 67.9 cm³/mol. The molecule has 1 aromatic rings. The molecule has 1 aromatic heterocycles. The van der Waals surface area contributed by atoms with Gasteiger partial charge < -0.3 is 15.4 Å². The van der Waals surface area contributed by atoms with E-state index >= 15 is 0 Å². The molecule has 0 saturated heterocycles. The number of nitrogen functional groups attached to an aromatic ring is 1. The fourth-order valence-electron chi connectivity index (χ4n) is 1.55. The molecule has 0 saturated carbocycles. The second kappa shape index (κ2) is 5.94. The van der Waals surface area contributed by atoms with E-state index in [4.69, 9.17) is 15.7 Å². The number of aromatic nitrogens is 1. The minimum atomic E-state index is -0.0673. The van der Waals surface area contributed by atoms with E-state index in [0.29, 0.717) is 23.9 Å². The summed E-state index contributed by atoms with van der Waals surface area (Å²) >= 11 is 0. The molecular weight excluding hydrogens is 216 g/mol. The summed E-state index contributed by atoms with van der Waals surface area (Å²) in [5.74, 6) is 1.13. The first kappa shape index (κ1) is 13.1. The van der Waals surface area contributed by atoms with Crippen LogP contribution in [0.5, 0.6) is 5.88 Å². The molecule has 0 radical (unpaired) electrons. The summed E-state index contributed by atoms with van der Waals surface area (Å²) in [6.07, 6.45) is 0. The molecule has 0 fully saturated rings. The Hall–Kier alpha value is -1.96. The Balaban J connectivity index is 2.98. The van der Waals surface area contributed by atoms with E-state index in [0.717, 1.165) is 6.54 Å². The van der Waals surface area contributed by atoms with Crippen LogP contribution in [0.1, 0.15) is 13.8 Å². The number of nitriles is 1. The molecule has 92 valence electrons. The van der Waals surface area contributed by atoms with Crippen LogP contribution in [0.25, 0.3) is 0 Å². The summed E-state index contributed by atoms with van der Waals surface area (Å²) in [6.45, 7) is 5.23. The van der Waals surface area contributed by atoms with Crippen molar-refractivity contribution in [1.29, 1.82) is 5.26 Å². The third-order valence-corrected chi connectivity index (χ3v) is 2.48. The first-order chi connectivity index (χ1) is 8.12. The first-order valence-electron chi connectivity index (χ1n) is 5.57. The van der Waals surface area contributed by atoms with Crippen LogP contribution in [0.3, 0.4) is 0 Å². The van der Waals surface area contributed by atoms with Crippen molar-refractivity contribution in [1.82, 2.24) is 4.98 Å². The number of hydrogen-bond donors (Lipinski definition) is 1. The Morgan fingerprint density at radius 1 is 1.59 bits per heavy atom. The number of hydrogen-bond acceptors (Lipinski definition) is 5. The van der Waals surface area contributed by atoms with E-state index < -0.39 is 0 Å². The average Bonchev–Trinajstić information content (AvgIpc) is 2.36. The van der Waals surface area contributed by atoms with Crippen molar-refractivity contribution in [3.8, 4) is 11.9 Å². The molecule has 0 bridgehead atoms. The summed E-state index contributed by atoms with van der Waals surface area (Å²) in [6, 6.07) is 5.69. The Morgan fingerprint density at radius 3 is 2.82 bits per heavy atom. The van der Waals surface area contributed by atoms with Gasteiger partial charge in [-0.3, -0.25) is 0 Å². The maximum atomic E-state index is 8.84. The van der Waals surface area contributed by atoms with Gasteiger partial charge in [0.15, 0.2) is 5.82 Å². The van der Waals surface area contributed by atoms with E-state index in [2.05, 4.69) is 11.1 Å². The minimum absolute atomic E-state index is 0.0673. The van der Waals surface area contributed by atoms with Crippen LogP contribution in [0, 0.1) is 17.2 Å². The molecule has 1 unspecified atom stereocenters. The monoisotopic (exact) mass is 234 g/mol. The van der Waals surface area contributed by atoms with Crippen molar-refractivity contribution in [2.24, 2.45) is 5.92 Å². The number of anilines is 2. The van der Waals surface area contributed by atoms with Crippen molar-refractivity contribution in [2.45, 2.75) is 13.8 Å². The van der Waals surface area contributed by atoms with E-state index in [-0.39, 0.29) is 5.92 Å². The van der Waals surface area contributed by atoms with Gasteiger partial charge in [-0.1, -0.05) is 0 Å². The molecule has 0 aromatic carbocycles. The van der Waals surface area contributed by atoms with Gasteiger partial charge in [0.25, 0.3) is 0 Å². The van der Waals surface area contributed by atoms with Crippen LogP contribution in [0.2, 0.25) is 0 Å². The highest BCUT2D eigenvalue weighted by atomic mass is 16.5. The topological polar surface area (TPSA) is 75.2 Å². The van der Waals surface area contributed by atoms with Gasteiger partial charge in [0.05, 0.1) is 24.8 Å². The molecule has 5 heteroatoms. The van der Waals surface area contributed by atoms with Crippen molar-refractivity contribution >= 4 is 11.5 Å². The van der Waals surface area contributed by atoms with E-state index in [9.17, 15) is 0 Å². The molecule has 17 heavy (non-hydrogen) atoms. The van der Waals surface area contributed by atoms with Crippen LogP contribution in [0.15, 0.2) is 12.1 Å². The number of nitrogens with two attached hydrogens (primary N) is 1. The van der Waals surface area contributed by atoms with Gasteiger partial charge in [0.1, 0.15) is 0 Å². The largest absolute Gasteiger partial charge is 0.481 e. The fourth-order valence-corrected chi connectivity index (χ4v) is 1.55. The lowest BCUT2D eigenvalue weighted by atomic mass is 10.2. The molecule has 0 aliphatic rings. The summed E-state index contributed by atoms with van der Waals surface area (Å²) in [5.41, 5.74) is 6.49. The molecule has 0 aliphatic heterocycles. The van der Waals surface area contributed by atoms with E-state index in [1.165, 1.54) is 0 Å². The van der Waals surface area contributed by atoms with Crippen molar-refractivity contribution in [3.63, 3.8) is 0 Å². The zero-order chi connectivity index (χ0) is 12.8. The lowest BCUT2D eigenvalue weighted by molar-refractivity contribution is 0.398. The number of pyridine rings is 1. The Bertz CT molecular complexity index is 413. The van der Waals surface area contributed by atoms with E-state index in [1.807, 2.05) is 18.7 Å². The number of rotatable bonds is 5. The van der Waals surface area contributed by atoms with Crippen molar-refractivity contribution in [3.05, 3.63) is 12.1 Å². The average molecular weight is 234 g/mol. The predicted octanol–water partition coefficient (Wildman–Crippen LogP) is 1.66. The summed E-state index contributed by atoms with van der Waals surface area (Å²) < 4.78 is 5.08. The van der Waals surface area contributed by atoms with Gasteiger partial charge in [-0.25, -0.2) is 0 Å². The minimum Gasteiger partial charge on any atom is -0.481 e. The Labute approximate surface area is 102 Å². The lowest BCUT2D eigenvalue weighted by Gasteiger charge is -2.24. The van der Waals surface area contributed by atoms with Crippen LogP contribution in [-0.2, 0) is 0 Å². The van der Waals surface area contributed by atoms with Crippen molar-refractivity contribution < 1.29 is 4.74 Å². The normalized spacial score (nSPS) is 11.6. The smallest absolute Gasteiger partial charge is 0.215 e. The number of nitrogens with zero attached hydrogens (tertiary/aromatic N) is 3. The molecular formula is C12H18N4O. The quantitative estimate of drug-likeness (QED) is 0.838. The summed E-state index contributed by atoms with van der Waals surface area (Å²) in [7, 11) is 1.57. The van der Waals surface area contributed by atoms with Crippen LogP contribution in [0.4, 0.5) is 11.5 Å². The summed E-state index contributed by atoms with van der Waals surface area (Å²) in [5, 5.41) is 8.84. The molecule has 2 N–H and O–H groups in total. The first-order valence-corrected chi connectivity index (χ1v) is 5.57. The third kappa shape index (κ3) is 3.25. The second-order valence-electron chi connectivity index (χ2n) is 3.84. The molecule has 1 atom stereocenters. The maximum Gasteiger partial charge on any atom is 0.215 e. The molecule has 0 aliphatic carbocycles. The molecule has 0 spiro atoms. The van der Waals surface area contributed by atoms with Gasteiger partial charge in [-0.2, -0.15) is 10.2 Å². The highest BCUT2D eigenvalue weighted by Crippen LogP contribution is 2.24. The third-order valence-electron chi connectivity index (χ3n) is 2.48. The van der Waals surface area contributed by atoms with Gasteiger partial charge in [-0.05, 0) is 19.9 Å². The SMILES string of the molecule is CCN(CC(C)C#N)c1nc(OC)ccc1N. The molecule has 0 amide bonds. The van der Waals surface area contributed by atoms with E-state index in [1.54, 1.807) is 19.2 Å². The zero-order valence-electron chi connectivity index (χ0n) is 10.5. The molecule has 5 nitrogen and oxygen atoms in total. The number of methoxy groups -OCH3 is 1. The van der Waals surface area contributed by atoms with Gasteiger partial charge >= 0.3 is 0 Å². The second-order valence-corrected chi connectivity index (χ2v) is 3.84. The fraction of sp³-hybridized carbons (Fsp3) is 0.500. The van der Waals surface area contributed by atoms with Gasteiger partial charge in [0.2, 0.25) is 5.88 Å². The van der Waals surface area contributed by atoms with Crippen LogP contribution >= 0.6 is 0 Å². The van der Waals surface area contributed by atoms with Crippen LogP contribution in [-0.4, -0.2) is 25.2 Å². The molecule has 1 heterocycles. The van der Waals surface area contributed by atoms with Crippen LogP contribution < -0.4 is 15.4 Å². The van der Waals surface area contributed by atoms with Gasteiger partial charge in [-0.15, -0.1) is 0 Å². The molecule has 1 rings (SSSR count). The van der Waals surface area contributed by atoms with Crippen molar-refractivity contribution in [2.75, 3.05) is 30.8 Å². The highest BCUT2D eigenvalue weighted by Gasteiger charge is 2.14. The lowest BCUT2D eigenvalue weighted by Crippen LogP contribution is -2.29. The Kier molecular flexibility index (Phi) is 4.58. The standard InChI is InChI=1S/C12H18N4O/c1-4-16(8-9(2)7-13)12-10(14)5-6-11(15-12)17-3/h5-6,9H,4,8,14H2,1-3H3. The Morgan fingerprint density at radius 2 is 2.29 bits per heavy atom. The summed E-state index contributed by atoms with van der Waals surface area (Å²) in [4.78, 5) is 6.30. The highest BCUT2D eigenvalue weighted by molar-refractivity contribution is 5.63. The zero-order valence-corrected chi connectivity index (χ0v) is 10.5. The maximum absolute atomic E-state index is 8.84. The van der Waals surface area contributed by atoms with Gasteiger partial charge in [0, 0.05) is 19.2 Å². The number of ether oxygens (including phenoxy) is 1.